The number of carbonyl (C=O) groups is 2. The molecule has 7 nitrogen and oxygen atoms in total. The van der Waals surface area contributed by atoms with Crippen LogP contribution in [0.4, 0.5) is 24.5 Å². The molecule has 0 bridgehead atoms. The van der Waals surface area contributed by atoms with Gasteiger partial charge in [0, 0.05) is 23.1 Å². The lowest BCUT2D eigenvalue weighted by atomic mass is 10.1. The van der Waals surface area contributed by atoms with Crippen LogP contribution in [0.15, 0.2) is 42.6 Å². The molecule has 4 rings (SSSR count). The summed E-state index contributed by atoms with van der Waals surface area (Å²) in [4.78, 5) is 30.9. The van der Waals surface area contributed by atoms with Crippen LogP contribution in [0.5, 0.6) is 0 Å². The molecule has 1 aromatic carbocycles. The van der Waals surface area contributed by atoms with Gasteiger partial charge in [0.05, 0.1) is 16.9 Å². The van der Waals surface area contributed by atoms with Crippen LogP contribution in [0.3, 0.4) is 0 Å². The van der Waals surface area contributed by atoms with Crippen LogP contribution >= 0.6 is 0 Å². The van der Waals surface area contributed by atoms with E-state index in [1.54, 1.807) is 19.9 Å². The van der Waals surface area contributed by atoms with Crippen LogP contribution in [-0.4, -0.2) is 33.1 Å². The van der Waals surface area contributed by atoms with Crippen molar-refractivity contribution in [2.75, 3.05) is 16.8 Å². The Morgan fingerprint density at radius 2 is 1.94 bits per heavy atom. The number of alkyl halides is 2. The van der Waals surface area contributed by atoms with Gasteiger partial charge in [-0.15, -0.1) is 0 Å². The zero-order valence-corrected chi connectivity index (χ0v) is 16.6. The normalized spacial score (nSPS) is 15.5. The lowest BCUT2D eigenvalue weighted by Crippen LogP contribution is -2.41. The summed E-state index contributed by atoms with van der Waals surface area (Å²) in [5.74, 6) is -1.78. The van der Waals surface area contributed by atoms with Crippen LogP contribution in [-0.2, 0) is 9.59 Å². The summed E-state index contributed by atoms with van der Waals surface area (Å²) in [5, 5.41) is 6.70. The van der Waals surface area contributed by atoms with Crippen LogP contribution in [0.25, 0.3) is 11.3 Å². The average Bonchev–Trinajstić information content (AvgIpc) is 3.17. The largest absolute Gasteiger partial charge is 0.325 e. The highest BCUT2D eigenvalue weighted by Gasteiger charge is 2.35. The van der Waals surface area contributed by atoms with E-state index >= 15 is 0 Å². The van der Waals surface area contributed by atoms with Crippen molar-refractivity contribution >= 4 is 23.2 Å². The highest BCUT2D eigenvalue weighted by Crippen LogP contribution is 2.38. The van der Waals surface area contributed by atoms with Crippen molar-refractivity contribution in [2.45, 2.75) is 26.3 Å². The maximum absolute atomic E-state index is 14.8. The first-order chi connectivity index (χ1) is 14.8. The maximum atomic E-state index is 14.8. The molecule has 1 N–H and O–H groups in total. The molecule has 2 aromatic heterocycles. The molecular weight excluding hydrogens is 411 g/mol. The Bertz CT molecular complexity index is 1160. The van der Waals surface area contributed by atoms with Gasteiger partial charge in [0.15, 0.2) is 0 Å². The summed E-state index contributed by atoms with van der Waals surface area (Å²) < 4.78 is 41.6. The SMILES string of the molecule is Cc1cc2c(c(F)n1)-c1ccnn1[C@H](C)C(=O)N2CC(=O)Nc1ccc(C(F)F)cc1. The third kappa shape index (κ3) is 3.76. The Labute approximate surface area is 175 Å². The monoisotopic (exact) mass is 429 g/mol. The Kier molecular flexibility index (Phi) is 5.22. The zero-order valence-electron chi connectivity index (χ0n) is 16.6. The predicted molar refractivity (Wildman–Crippen MR) is 107 cm³/mol. The molecule has 0 spiro atoms. The number of halogens is 3. The van der Waals surface area contributed by atoms with Gasteiger partial charge >= 0.3 is 0 Å². The average molecular weight is 429 g/mol. The zero-order chi connectivity index (χ0) is 22.3. The van der Waals surface area contributed by atoms with Gasteiger partial charge in [0.25, 0.3) is 12.3 Å². The maximum Gasteiger partial charge on any atom is 0.263 e. The van der Waals surface area contributed by atoms with Crippen LogP contribution in [0.1, 0.15) is 30.6 Å². The number of fused-ring (bicyclic) bond motifs is 3. The first-order valence-electron chi connectivity index (χ1n) is 9.46. The van der Waals surface area contributed by atoms with Crippen molar-refractivity contribution in [1.82, 2.24) is 14.8 Å². The number of hydrogen-bond acceptors (Lipinski definition) is 4. The van der Waals surface area contributed by atoms with Gasteiger partial charge in [-0.2, -0.15) is 9.49 Å². The second-order valence-corrected chi connectivity index (χ2v) is 7.18. The smallest absolute Gasteiger partial charge is 0.263 e. The van der Waals surface area contributed by atoms with Gasteiger partial charge in [-0.25, -0.2) is 13.8 Å². The fraction of sp³-hybridized carbons (Fsp3) is 0.238. The fourth-order valence-electron chi connectivity index (χ4n) is 3.56. The Morgan fingerprint density at radius 3 is 2.61 bits per heavy atom. The second-order valence-electron chi connectivity index (χ2n) is 7.18. The minimum atomic E-state index is -2.62. The third-order valence-corrected chi connectivity index (χ3v) is 5.04. The molecule has 0 aliphatic carbocycles. The molecule has 0 unspecified atom stereocenters. The molecule has 0 radical (unpaired) electrons. The predicted octanol–water partition coefficient (Wildman–Crippen LogP) is 3.88. The lowest BCUT2D eigenvalue weighted by molar-refractivity contribution is -0.123. The van der Waals surface area contributed by atoms with Crippen molar-refractivity contribution in [3.8, 4) is 11.3 Å². The minimum absolute atomic E-state index is 0.0786. The molecule has 3 aromatic rings. The van der Waals surface area contributed by atoms with Crippen molar-refractivity contribution in [1.29, 1.82) is 0 Å². The molecule has 1 aliphatic rings. The van der Waals surface area contributed by atoms with E-state index in [0.29, 0.717) is 17.1 Å². The molecule has 31 heavy (non-hydrogen) atoms. The van der Waals surface area contributed by atoms with E-state index in [9.17, 15) is 22.8 Å². The molecule has 0 fully saturated rings. The topological polar surface area (TPSA) is 80.1 Å². The first kappa shape index (κ1) is 20.6. The van der Waals surface area contributed by atoms with E-state index in [0.717, 1.165) is 0 Å². The number of amides is 2. The Hall–Kier alpha value is -3.69. The van der Waals surface area contributed by atoms with E-state index in [2.05, 4.69) is 15.4 Å². The van der Waals surface area contributed by atoms with Gasteiger partial charge in [-0.1, -0.05) is 12.1 Å². The van der Waals surface area contributed by atoms with Gasteiger partial charge < -0.3 is 10.2 Å². The number of aromatic nitrogens is 3. The summed E-state index contributed by atoms with van der Waals surface area (Å²) in [6.45, 7) is 2.79. The van der Waals surface area contributed by atoms with Gasteiger partial charge in [0.1, 0.15) is 12.6 Å². The second kappa shape index (κ2) is 7.86. The van der Waals surface area contributed by atoms with Crippen LogP contribution in [0.2, 0.25) is 0 Å². The molecule has 160 valence electrons. The van der Waals surface area contributed by atoms with Crippen LogP contribution in [0, 0.1) is 12.9 Å². The minimum Gasteiger partial charge on any atom is -0.325 e. The number of rotatable bonds is 4. The van der Waals surface area contributed by atoms with E-state index in [4.69, 9.17) is 0 Å². The number of anilines is 2. The van der Waals surface area contributed by atoms with Gasteiger partial charge in [0.2, 0.25) is 11.9 Å². The fourth-order valence-corrected chi connectivity index (χ4v) is 3.56. The van der Waals surface area contributed by atoms with Crippen molar-refractivity contribution < 1.29 is 22.8 Å². The molecule has 3 heterocycles. The molecule has 2 amide bonds. The summed E-state index contributed by atoms with van der Waals surface area (Å²) in [6, 6.07) is 7.45. The van der Waals surface area contributed by atoms with Crippen LogP contribution < -0.4 is 10.2 Å². The standard InChI is InChI=1S/C21H18F3N5O2/c1-11-9-16-18(20(24)26-11)15-7-8-25-29(15)12(2)21(31)28(16)10-17(30)27-14-5-3-13(4-6-14)19(22)23/h3-9,12,19H,10H2,1-2H3,(H,27,30)/t12-/m1/s1. The molecule has 0 saturated heterocycles. The van der Waals surface area contributed by atoms with Gasteiger partial charge in [-0.05, 0) is 38.1 Å². The van der Waals surface area contributed by atoms with Crippen molar-refractivity contribution in [2.24, 2.45) is 0 Å². The number of nitrogens with zero attached hydrogens (tertiary/aromatic N) is 4. The summed E-state index contributed by atoms with van der Waals surface area (Å²) >= 11 is 0. The molecule has 0 saturated carbocycles. The molecule has 10 heteroatoms. The molecular formula is C21H18F3N5O2. The van der Waals surface area contributed by atoms with E-state index in [-0.39, 0.29) is 16.8 Å². The number of benzene rings is 1. The number of aryl methyl sites for hydroxylation is 1. The number of hydrogen-bond donors (Lipinski definition) is 1. The summed E-state index contributed by atoms with van der Waals surface area (Å²) in [6.07, 6.45) is -1.15. The Morgan fingerprint density at radius 1 is 1.23 bits per heavy atom. The van der Waals surface area contributed by atoms with E-state index in [1.807, 2.05) is 0 Å². The highest BCUT2D eigenvalue weighted by atomic mass is 19.3. The van der Waals surface area contributed by atoms with E-state index < -0.39 is 36.8 Å². The quantitative estimate of drug-likeness (QED) is 0.639. The third-order valence-electron chi connectivity index (χ3n) is 5.04. The number of pyridine rings is 1. The van der Waals surface area contributed by atoms with Crippen molar-refractivity contribution in [3.63, 3.8) is 0 Å². The number of carbonyl (C=O) groups excluding carboxylic acids is 2. The Balaban J connectivity index is 1.67. The molecule has 1 atom stereocenters. The van der Waals surface area contributed by atoms with Gasteiger partial charge in [-0.3, -0.25) is 14.3 Å². The highest BCUT2D eigenvalue weighted by molar-refractivity contribution is 6.07. The first-order valence-corrected chi connectivity index (χ1v) is 9.46. The molecule has 1 aliphatic heterocycles. The summed E-state index contributed by atoms with van der Waals surface area (Å²) in [7, 11) is 0. The van der Waals surface area contributed by atoms with Crippen molar-refractivity contribution in [3.05, 3.63) is 59.8 Å². The van der Waals surface area contributed by atoms with E-state index in [1.165, 1.54) is 46.1 Å². The summed E-state index contributed by atoms with van der Waals surface area (Å²) in [5.41, 5.74) is 1.15. The lowest BCUT2D eigenvalue weighted by Gasteiger charge is -2.24. The number of nitrogens with one attached hydrogen (secondary N) is 1.